The molecular weight excluding hydrogens is 517 g/mol. The third-order valence-electron chi connectivity index (χ3n) is 5.71. The zero-order chi connectivity index (χ0) is 27.1. The first-order valence-electron chi connectivity index (χ1n) is 11.6. The summed E-state index contributed by atoms with van der Waals surface area (Å²) in [6.45, 7) is 4.54. The fraction of sp³-hybridized carbons (Fsp3) is 0.172. The largest absolute Gasteiger partial charge is 0.744 e. The number of halogens is 3. The van der Waals surface area contributed by atoms with Crippen LogP contribution in [0.3, 0.4) is 0 Å². The van der Waals surface area contributed by atoms with Crippen molar-refractivity contribution in [2.45, 2.75) is 51.9 Å². The molecule has 0 saturated heterocycles. The molecule has 0 spiro atoms. The Balaban J connectivity index is 0.000000233. The van der Waals surface area contributed by atoms with Crippen molar-refractivity contribution in [3.8, 4) is 0 Å². The Kier molecular flexibility index (Phi) is 9.59. The molecule has 194 valence electrons. The van der Waals surface area contributed by atoms with Crippen LogP contribution in [0.4, 0.5) is 13.2 Å². The lowest BCUT2D eigenvalue weighted by Gasteiger charge is -2.11. The molecule has 0 aliphatic carbocycles. The first-order valence-corrected chi connectivity index (χ1v) is 14.2. The highest BCUT2D eigenvalue weighted by Gasteiger charge is 2.31. The van der Waals surface area contributed by atoms with Crippen LogP contribution in [0.25, 0.3) is 0 Å². The lowest BCUT2D eigenvalue weighted by atomic mass is 9.99. The molecule has 0 saturated carbocycles. The maximum absolute atomic E-state index is 12.1. The van der Waals surface area contributed by atoms with Crippen LogP contribution in [0.5, 0.6) is 0 Å². The van der Waals surface area contributed by atoms with E-state index < -0.39 is 26.8 Å². The van der Waals surface area contributed by atoms with E-state index in [1.54, 1.807) is 0 Å². The Morgan fingerprint density at radius 3 is 1.68 bits per heavy atom. The van der Waals surface area contributed by atoms with E-state index in [0.717, 1.165) is 12.1 Å². The number of benzene rings is 4. The van der Waals surface area contributed by atoms with Crippen molar-refractivity contribution >= 4 is 21.0 Å². The lowest BCUT2D eigenvalue weighted by Crippen LogP contribution is -2.07. The fourth-order valence-corrected chi connectivity index (χ4v) is 6.12. The minimum atomic E-state index is -4.84. The van der Waals surface area contributed by atoms with Gasteiger partial charge in [0.05, 0.1) is 21.4 Å². The van der Waals surface area contributed by atoms with Crippen LogP contribution in [-0.2, 0) is 27.2 Å². The van der Waals surface area contributed by atoms with E-state index in [1.165, 1.54) is 26.7 Å². The number of rotatable bonds is 6. The molecule has 0 N–H and O–H groups in total. The molecule has 0 heterocycles. The highest BCUT2D eigenvalue weighted by Crippen LogP contribution is 2.32. The van der Waals surface area contributed by atoms with Gasteiger partial charge in [-0.15, -0.1) is 0 Å². The van der Waals surface area contributed by atoms with E-state index in [0.29, 0.717) is 18.1 Å². The first kappa shape index (κ1) is 28.5. The summed E-state index contributed by atoms with van der Waals surface area (Å²) in [5.41, 5.74) is 0.273. The second-order valence-corrected chi connectivity index (χ2v) is 11.7. The van der Waals surface area contributed by atoms with Gasteiger partial charge in [0.1, 0.15) is 10.1 Å². The van der Waals surface area contributed by atoms with E-state index in [9.17, 15) is 26.1 Å². The molecule has 1 unspecified atom stereocenters. The second kappa shape index (κ2) is 12.4. The zero-order valence-corrected chi connectivity index (χ0v) is 22.0. The van der Waals surface area contributed by atoms with Gasteiger partial charge in [-0.3, -0.25) is 0 Å². The first-order chi connectivity index (χ1) is 17.5. The Morgan fingerprint density at radius 2 is 1.24 bits per heavy atom. The van der Waals surface area contributed by atoms with Crippen molar-refractivity contribution in [3.63, 3.8) is 0 Å². The number of alkyl halides is 3. The molecule has 0 aromatic heterocycles. The molecule has 1 atom stereocenters. The monoisotopic (exact) mass is 544 g/mol. The van der Waals surface area contributed by atoms with Crippen LogP contribution in [-0.4, -0.2) is 13.0 Å². The van der Waals surface area contributed by atoms with Gasteiger partial charge < -0.3 is 4.55 Å². The fourth-order valence-electron chi connectivity index (χ4n) is 3.52. The van der Waals surface area contributed by atoms with Crippen molar-refractivity contribution in [2.24, 2.45) is 0 Å². The number of hydrogen-bond acceptors (Lipinski definition) is 3. The Bertz CT molecular complexity index is 1330. The standard InChI is InChI=1S/C22H23S.C7H5F3O3S/c1-3-18(2)19-14-16-22(17-15-19)23(20-10-6-4-7-11-20)21-12-8-5-9-13-21;8-7(9,10)5-2-1-3-6(4-5)14(11,12)13/h4-18H,3H2,1-2H3;1-4H,(H,11,12,13)/q+1;/p-1. The second-order valence-electron chi connectivity index (χ2n) is 8.29. The predicted molar refractivity (Wildman–Crippen MR) is 140 cm³/mol. The van der Waals surface area contributed by atoms with Gasteiger partial charge in [-0.25, -0.2) is 8.42 Å². The highest BCUT2D eigenvalue weighted by atomic mass is 32.2. The van der Waals surface area contributed by atoms with E-state index in [4.69, 9.17) is 0 Å². The van der Waals surface area contributed by atoms with Crippen LogP contribution in [0.2, 0.25) is 0 Å². The molecular formula is C29H27F3O3S2. The molecule has 3 nitrogen and oxygen atoms in total. The average molecular weight is 545 g/mol. The summed E-state index contributed by atoms with van der Waals surface area (Å²) in [5, 5.41) is 0. The minimum absolute atomic E-state index is 0.0381. The minimum Gasteiger partial charge on any atom is -0.744 e. The molecule has 4 aromatic carbocycles. The quantitative estimate of drug-likeness (QED) is 0.183. The molecule has 4 aromatic rings. The molecule has 0 radical (unpaired) electrons. The van der Waals surface area contributed by atoms with Crippen molar-refractivity contribution < 1.29 is 26.1 Å². The van der Waals surface area contributed by atoms with Gasteiger partial charge in [0.25, 0.3) is 0 Å². The SMILES string of the molecule is CCC(C)c1ccc([S+](c2ccccc2)c2ccccc2)cc1.O=S(=O)([O-])c1cccc(C(F)(F)F)c1. The van der Waals surface area contributed by atoms with Gasteiger partial charge in [-0.2, -0.15) is 13.2 Å². The maximum Gasteiger partial charge on any atom is 0.416 e. The van der Waals surface area contributed by atoms with Gasteiger partial charge in [-0.1, -0.05) is 68.4 Å². The molecule has 4 rings (SSSR count). The van der Waals surface area contributed by atoms with Crippen molar-refractivity contribution in [2.75, 3.05) is 0 Å². The Hall–Kier alpha value is -3.07. The van der Waals surface area contributed by atoms with E-state index in [1.807, 2.05) is 0 Å². The van der Waals surface area contributed by atoms with Gasteiger partial charge in [0.15, 0.2) is 14.7 Å². The zero-order valence-electron chi connectivity index (χ0n) is 20.4. The van der Waals surface area contributed by atoms with Crippen molar-refractivity contribution in [3.05, 3.63) is 120 Å². The topological polar surface area (TPSA) is 57.2 Å². The molecule has 0 aliphatic heterocycles. The summed E-state index contributed by atoms with van der Waals surface area (Å²) in [6, 6.07) is 33.5. The molecule has 0 fully saturated rings. The maximum atomic E-state index is 12.1. The number of hydrogen-bond donors (Lipinski definition) is 0. The smallest absolute Gasteiger partial charge is 0.416 e. The Labute approximate surface area is 219 Å². The highest BCUT2D eigenvalue weighted by molar-refractivity contribution is 7.97. The van der Waals surface area contributed by atoms with Crippen LogP contribution >= 0.6 is 0 Å². The molecule has 0 bridgehead atoms. The summed E-state index contributed by atoms with van der Waals surface area (Å²) in [4.78, 5) is 3.24. The summed E-state index contributed by atoms with van der Waals surface area (Å²) in [5.74, 6) is 0.624. The van der Waals surface area contributed by atoms with E-state index in [-0.39, 0.29) is 10.9 Å². The van der Waals surface area contributed by atoms with Crippen LogP contribution in [0, 0.1) is 0 Å². The molecule has 0 aliphatic rings. The lowest BCUT2D eigenvalue weighted by molar-refractivity contribution is -0.137. The normalized spacial score (nSPS) is 12.5. The van der Waals surface area contributed by atoms with E-state index in [2.05, 4.69) is 98.8 Å². The third-order valence-corrected chi connectivity index (χ3v) is 8.77. The molecule has 37 heavy (non-hydrogen) atoms. The van der Waals surface area contributed by atoms with Crippen molar-refractivity contribution in [1.82, 2.24) is 0 Å². The summed E-state index contributed by atoms with van der Waals surface area (Å²) < 4.78 is 67.3. The van der Waals surface area contributed by atoms with Crippen LogP contribution in [0.15, 0.2) is 129 Å². The predicted octanol–water partition coefficient (Wildman–Crippen LogP) is 7.91. The van der Waals surface area contributed by atoms with Crippen LogP contribution in [0.1, 0.15) is 37.3 Å². The molecule has 0 amide bonds. The Morgan fingerprint density at radius 1 is 0.757 bits per heavy atom. The summed E-state index contributed by atoms with van der Waals surface area (Å²) >= 11 is 0. The van der Waals surface area contributed by atoms with Crippen LogP contribution < -0.4 is 0 Å². The van der Waals surface area contributed by atoms with E-state index >= 15 is 0 Å². The molecule has 8 heteroatoms. The van der Waals surface area contributed by atoms with Gasteiger partial charge in [0.2, 0.25) is 0 Å². The van der Waals surface area contributed by atoms with Crippen molar-refractivity contribution in [1.29, 1.82) is 0 Å². The summed E-state index contributed by atoms with van der Waals surface area (Å²) in [6.07, 6.45) is -3.47. The average Bonchev–Trinajstić information content (AvgIpc) is 2.89. The van der Waals surface area contributed by atoms with Gasteiger partial charge in [0, 0.05) is 0 Å². The van der Waals surface area contributed by atoms with Gasteiger partial charge >= 0.3 is 6.18 Å². The van der Waals surface area contributed by atoms with Gasteiger partial charge in [-0.05, 0) is 72.5 Å². The third kappa shape index (κ3) is 7.95. The summed E-state index contributed by atoms with van der Waals surface area (Å²) in [7, 11) is -4.87.